The van der Waals surface area contributed by atoms with Gasteiger partial charge in [-0.25, -0.2) is 0 Å². The molecule has 0 bridgehead atoms. The SMILES string of the molecule is CC1(C)COC(C)(C)N1C(=O)[O-]. The molecule has 12 heavy (non-hydrogen) atoms. The summed E-state index contributed by atoms with van der Waals surface area (Å²) in [6, 6.07) is 0. The van der Waals surface area contributed by atoms with Crippen molar-refractivity contribution in [2.45, 2.75) is 39.0 Å². The van der Waals surface area contributed by atoms with Crippen LogP contribution >= 0.6 is 0 Å². The van der Waals surface area contributed by atoms with Gasteiger partial charge in [0, 0.05) is 0 Å². The Balaban J connectivity index is 2.96. The minimum absolute atomic E-state index is 0.411. The van der Waals surface area contributed by atoms with Crippen molar-refractivity contribution in [1.82, 2.24) is 4.90 Å². The molecular weight excluding hydrogens is 158 g/mol. The van der Waals surface area contributed by atoms with Crippen molar-refractivity contribution >= 4 is 6.09 Å². The second-order valence-corrected chi connectivity index (χ2v) is 4.15. The van der Waals surface area contributed by atoms with Crippen molar-refractivity contribution in [1.29, 1.82) is 0 Å². The monoisotopic (exact) mass is 172 g/mol. The third-order valence-corrected chi connectivity index (χ3v) is 2.11. The fraction of sp³-hybridized carbons (Fsp3) is 0.875. The molecule has 1 aliphatic heterocycles. The highest BCUT2D eigenvalue weighted by Crippen LogP contribution is 2.33. The van der Waals surface area contributed by atoms with E-state index in [0.717, 1.165) is 0 Å². The normalized spacial score (nSPS) is 25.8. The molecule has 4 heteroatoms. The van der Waals surface area contributed by atoms with Crippen LogP contribution in [0, 0.1) is 0 Å². The van der Waals surface area contributed by atoms with Gasteiger partial charge in [-0.1, -0.05) is 0 Å². The molecule has 1 rings (SSSR count). The number of nitrogens with zero attached hydrogens (tertiary/aromatic N) is 1. The van der Waals surface area contributed by atoms with Crippen LogP contribution in [0.1, 0.15) is 27.7 Å². The van der Waals surface area contributed by atoms with Gasteiger partial charge in [0.2, 0.25) is 0 Å². The number of amides is 1. The molecule has 0 atom stereocenters. The van der Waals surface area contributed by atoms with Crippen LogP contribution in [0.5, 0.6) is 0 Å². The smallest absolute Gasteiger partial charge is 0.139 e. The van der Waals surface area contributed by atoms with Crippen LogP contribution in [0.3, 0.4) is 0 Å². The lowest BCUT2D eigenvalue weighted by molar-refractivity contribution is -0.278. The third-order valence-electron chi connectivity index (χ3n) is 2.11. The number of hydrogen-bond donors (Lipinski definition) is 0. The summed E-state index contributed by atoms with van der Waals surface area (Å²) in [4.78, 5) is 12.0. The lowest BCUT2D eigenvalue weighted by atomic mass is 10.1. The van der Waals surface area contributed by atoms with Crippen molar-refractivity contribution in [3.05, 3.63) is 0 Å². The van der Waals surface area contributed by atoms with Gasteiger partial charge in [-0.15, -0.1) is 0 Å². The third kappa shape index (κ3) is 1.27. The van der Waals surface area contributed by atoms with E-state index in [1.807, 2.05) is 13.8 Å². The van der Waals surface area contributed by atoms with Crippen LogP contribution in [0.15, 0.2) is 0 Å². The minimum Gasteiger partial charge on any atom is -0.530 e. The number of carbonyl (C=O) groups excluding carboxylic acids is 1. The molecule has 0 aliphatic carbocycles. The molecule has 1 amide bonds. The van der Waals surface area contributed by atoms with Crippen LogP contribution < -0.4 is 5.11 Å². The molecule has 0 aromatic rings. The van der Waals surface area contributed by atoms with Gasteiger partial charge in [0.15, 0.2) is 0 Å². The summed E-state index contributed by atoms with van der Waals surface area (Å²) >= 11 is 0. The largest absolute Gasteiger partial charge is 0.530 e. The standard InChI is InChI=1S/C8H15NO3/c1-7(2)5-12-8(3,4)9(7)6(10)11/h5H2,1-4H3,(H,10,11)/p-1. The van der Waals surface area contributed by atoms with Crippen LogP contribution in [0.25, 0.3) is 0 Å². The molecule has 0 unspecified atom stereocenters. The Kier molecular flexibility index (Phi) is 1.83. The molecule has 0 spiro atoms. The van der Waals surface area contributed by atoms with Gasteiger partial charge in [0.25, 0.3) is 0 Å². The van der Waals surface area contributed by atoms with E-state index in [9.17, 15) is 9.90 Å². The van der Waals surface area contributed by atoms with Gasteiger partial charge in [-0.05, 0) is 27.7 Å². The molecule has 1 heterocycles. The van der Waals surface area contributed by atoms with Gasteiger partial charge >= 0.3 is 0 Å². The fourth-order valence-electron chi connectivity index (χ4n) is 1.68. The van der Waals surface area contributed by atoms with Gasteiger partial charge in [0.05, 0.1) is 12.1 Å². The van der Waals surface area contributed by atoms with E-state index < -0.39 is 17.4 Å². The number of hydrogen-bond acceptors (Lipinski definition) is 3. The van der Waals surface area contributed by atoms with Gasteiger partial charge < -0.3 is 19.5 Å². The molecule has 0 radical (unpaired) electrons. The highest BCUT2D eigenvalue weighted by Gasteiger charge is 2.45. The summed E-state index contributed by atoms with van der Waals surface area (Å²) in [6.45, 7) is 7.48. The Labute approximate surface area is 72.1 Å². The summed E-state index contributed by atoms with van der Waals surface area (Å²) in [5.74, 6) is 0. The molecule has 0 aromatic heterocycles. The van der Waals surface area contributed by atoms with Gasteiger partial charge in [-0.3, -0.25) is 0 Å². The topological polar surface area (TPSA) is 52.6 Å². The maximum Gasteiger partial charge on any atom is 0.139 e. The van der Waals surface area contributed by atoms with E-state index >= 15 is 0 Å². The quantitative estimate of drug-likeness (QED) is 0.523. The summed E-state index contributed by atoms with van der Waals surface area (Å²) < 4.78 is 5.33. The van der Waals surface area contributed by atoms with Crippen molar-refractivity contribution in [2.75, 3.05) is 6.61 Å². The Morgan fingerprint density at radius 3 is 2.08 bits per heavy atom. The first-order chi connectivity index (χ1) is 5.27. The van der Waals surface area contributed by atoms with E-state index in [2.05, 4.69) is 0 Å². The first-order valence-corrected chi connectivity index (χ1v) is 3.93. The zero-order chi connectivity index (χ0) is 9.57. The van der Waals surface area contributed by atoms with E-state index in [1.165, 1.54) is 4.90 Å². The van der Waals surface area contributed by atoms with Crippen molar-refractivity contribution in [3.8, 4) is 0 Å². The molecule has 0 aromatic carbocycles. The van der Waals surface area contributed by atoms with E-state index in [-0.39, 0.29) is 0 Å². The second kappa shape index (κ2) is 2.36. The lowest BCUT2D eigenvalue weighted by Crippen LogP contribution is -2.57. The molecule has 0 N–H and O–H groups in total. The Morgan fingerprint density at radius 1 is 1.42 bits per heavy atom. The predicted molar refractivity (Wildman–Crippen MR) is 41.3 cm³/mol. The highest BCUT2D eigenvalue weighted by atomic mass is 16.5. The first-order valence-electron chi connectivity index (χ1n) is 3.93. The zero-order valence-corrected chi connectivity index (χ0v) is 7.88. The van der Waals surface area contributed by atoms with Crippen LogP contribution in [0.2, 0.25) is 0 Å². The molecule has 1 fully saturated rings. The average molecular weight is 172 g/mol. The maximum atomic E-state index is 10.8. The van der Waals surface area contributed by atoms with Gasteiger partial charge in [0.1, 0.15) is 11.8 Å². The summed E-state index contributed by atoms with van der Waals surface area (Å²) in [5, 5.41) is 10.8. The lowest BCUT2D eigenvalue weighted by Gasteiger charge is -2.39. The zero-order valence-electron chi connectivity index (χ0n) is 7.88. The average Bonchev–Trinajstić information content (AvgIpc) is 2.01. The maximum absolute atomic E-state index is 10.8. The molecule has 1 aliphatic rings. The summed E-state index contributed by atoms with van der Waals surface area (Å²) in [7, 11) is 0. The van der Waals surface area contributed by atoms with Crippen LogP contribution in [-0.4, -0.2) is 28.9 Å². The Bertz CT molecular complexity index is 194. The molecule has 1 saturated heterocycles. The predicted octanol–water partition coefficient (Wildman–Crippen LogP) is 0.177. The van der Waals surface area contributed by atoms with Crippen LogP contribution in [-0.2, 0) is 4.74 Å². The number of carboxylic acid groups (broad SMARTS) is 1. The fourth-order valence-corrected chi connectivity index (χ4v) is 1.68. The van der Waals surface area contributed by atoms with Crippen molar-refractivity contribution in [2.24, 2.45) is 0 Å². The summed E-state index contributed by atoms with van der Waals surface area (Å²) in [6.07, 6.45) is -1.18. The Morgan fingerprint density at radius 2 is 1.92 bits per heavy atom. The molecule has 0 saturated carbocycles. The number of carbonyl (C=O) groups is 1. The van der Waals surface area contributed by atoms with E-state index in [0.29, 0.717) is 6.61 Å². The minimum atomic E-state index is -1.18. The van der Waals surface area contributed by atoms with Crippen LogP contribution in [0.4, 0.5) is 4.79 Å². The van der Waals surface area contributed by atoms with E-state index in [4.69, 9.17) is 4.74 Å². The second-order valence-electron chi connectivity index (χ2n) is 4.15. The number of rotatable bonds is 0. The van der Waals surface area contributed by atoms with Crippen molar-refractivity contribution in [3.63, 3.8) is 0 Å². The molecule has 4 nitrogen and oxygen atoms in total. The highest BCUT2D eigenvalue weighted by molar-refractivity contribution is 5.65. The first kappa shape index (κ1) is 9.32. The van der Waals surface area contributed by atoms with E-state index in [1.54, 1.807) is 13.8 Å². The van der Waals surface area contributed by atoms with Gasteiger partial charge in [-0.2, -0.15) is 0 Å². The molecular formula is C8H14NO3-. The Hall–Kier alpha value is -0.770. The molecule has 70 valence electrons. The summed E-state index contributed by atoms with van der Waals surface area (Å²) in [5.41, 5.74) is -1.25. The van der Waals surface area contributed by atoms with Crippen molar-refractivity contribution < 1.29 is 14.6 Å². The number of ether oxygens (including phenoxy) is 1.